The normalized spacial score (nSPS) is 21.3. The summed E-state index contributed by atoms with van der Waals surface area (Å²) in [6, 6.07) is 6.49. The Balaban J connectivity index is 1.73. The summed E-state index contributed by atoms with van der Waals surface area (Å²) >= 11 is 0. The molecule has 0 saturated heterocycles. The van der Waals surface area contributed by atoms with Crippen molar-refractivity contribution >= 4 is 17.8 Å². The van der Waals surface area contributed by atoms with Gasteiger partial charge in [-0.3, -0.25) is 9.59 Å². The molecule has 1 amide bonds. The minimum atomic E-state index is -0.693. The Bertz CT molecular complexity index is 700. The van der Waals surface area contributed by atoms with Crippen LogP contribution in [0.15, 0.2) is 24.3 Å². The molecule has 0 aliphatic heterocycles. The van der Waals surface area contributed by atoms with E-state index in [2.05, 4.69) is 26.1 Å². The summed E-state index contributed by atoms with van der Waals surface area (Å²) in [5, 5.41) is 2.46. The van der Waals surface area contributed by atoms with Crippen LogP contribution in [0.3, 0.4) is 0 Å². The molecule has 160 valence electrons. The minimum Gasteiger partial charge on any atom is -0.497 e. The number of nitrogens with one attached hydrogen (secondary N) is 1. The van der Waals surface area contributed by atoms with E-state index in [1.54, 1.807) is 24.3 Å². The molecule has 0 spiro atoms. The first-order chi connectivity index (χ1) is 13.8. The van der Waals surface area contributed by atoms with Crippen molar-refractivity contribution < 1.29 is 28.6 Å². The molecule has 7 nitrogen and oxygen atoms in total. The third kappa shape index (κ3) is 7.07. The lowest BCUT2D eigenvalue weighted by atomic mass is 9.75. The fourth-order valence-electron chi connectivity index (χ4n) is 3.64. The molecule has 0 heterocycles. The lowest BCUT2D eigenvalue weighted by molar-refractivity contribution is -0.166. The van der Waals surface area contributed by atoms with Crippen LogP contribution in [0.5, 0.6) is 5.75 Å². The second-order valence-corrected chi connectivity index (χ2v) is 7.93. The maximum atomic E-state index is 12.1. The van der Waals surface area contributed by atoms with Crippen LogP contribution < -0.4 is 10.1 Å². The van der Waals surface area contributed by atoms with Gasteiger partial charge in [0.2, 0.25) is 0 Å². The zero-order valence-corrected chi connectivity index (χ0v) is 17.6. The molecule has 0 radical (unpaired) electrons. The number of hydrogen-bond acceptors (Lipinski definition) is 6. The van der Waals surface area contributed by atoms with E-state index >= 15 is 0 Å². The highest BCUT2D eigenvalue weighted by Crippen LogP contribution is 2.35. The molecule has 1 aromatic rings. The number of carbonyl (C=O) groups is 3. The molecule has 3 atom stereocenters. The lowest BCUT2D eigenvalue weighted by Crippen LogP contribution is -2.37. The molecule has 1 aliphatic rings. The molecule has 1 saturated carbocycles. The number of hydrogen-bond donors (Lipinski definition) is 1. The first kappa shape index (κ1) is 22.7. The number of rotatable bonds is 8. The number of ether oxygens (including phenoxy) is 3. The first-order valence-corrected chi connectivity index (χ1v) is 10.1. The van der Waals surface area contributed by atoms with Gasteiger partial charge in [-0.25, -0.2) is 4.79 Å². The molecular weight excluding hydrogens is 374 g/mol. The van der Waals surface area contributed by atoms with Gasteiger partial charge in [-0.05, 0) is 54.9 Å². The smallest absolute Gasteiger partial charge is 0.344 e. The van der Waals surface area contributed by atoms with Gasteiger partial charge in [-0.1, -0.05) is 27.2 Å². The van der Waals surface area contributed by atoms with Crippen LogP contribution in [0.25, 0.3) is 0 Å². The van der Waals surface area contributed by atoms with E-state index in [0.29, 0.717) is 29.1 Å². The van der Waals surface area contributed by atoms with Gasteiger partial charge in [0.15, 0.2) is 6.61 Å². The van der Waals surface area contributed by atoms with Crippen molar-refractivity contribution in [3.8, 4) is 5.75 Å². The summed E-state index contributed by atoms with van der Waals surface area (Å²) in [6.07, 6.45) is 2.87. The Hall–Kier alpha value is -2.57. The maximum Gasteiger partial charge on any atom is 0.344 e. The Morgan fingerprint density at radius 2 is 1.79 bits per heavy atom. The van der Waals surface area contributed by atoms with Crippen molar-refractivity contribution in [2.24, 2.45) is 17.8 Å². The predicted octanol–water partition coefficient (Wildman–Crippen LogP) is 2.97. The second kappa shape index (κ2) is 10.8. The van der Waals surface area contributed by atoms with Gasteiger partial charge in [0.1, 0.15) is 18.4 Å². The first-order valence-electron chi connectivity index (χ1n) is 10.1. The van der Waals surface area contributed by atoms with E-state index < -0.39 is 24.5 Å². The SMILES string of the molecule is COc1ccc(C(=O)NCC(=O)OCC(=O)O[C@@H]2C[C@@H](C)CC[C@H]2C(C)C)cc1. The molecule has 1 aliphatic carbocycles. The van der Waals surface area contributed by atoms with E-state index in [-0.39, 0.29) is 12.6 Å². The second-order valence-electron chi connectivity index (χ2n) is 7.93. The van der Waals surface area contributed by atoms with Crippen molar-refractivity contribution in [2.75, 3.05) is 20.3 Å². The molecule has 2 rings (SSSR count). The van der Waals surface area contributed by atoms with E-state index in [1.165, 1.54) is 7.11 Å². The maximum absolute atomic E-state index is 12.1. The molecule has 0 bridgehead atoms. The van der Waals surface area contributed by atoms with Crippen molar-refractivity contribution in [3.05, 3.63) is 29.8 Å². The minimum absolute atomic E-state index is 0.139. The number of methoxy groups -OCH3 is 1. The highest BCUT2D eigenvalue weighted by atomic mass is 16.6. The summed E-state index contributed by atoms with van der Waals surface area (Å²) < 4.78 is 15.6. The van der Waals surface area contributed by atoms with Gasteiger partial charge in [-0.15, -0.1) is 0 Å². The quantitative estimate of drug-likeness (QED) is 0.669. The highest BCUT2D eigenvalue weighted by molar-refractivity contribution is 5.96. The summed E-state index contributed by atoms with van der Waals surface area (Å²) in [6.45, 7) is 5.64. The van der Waals surface area contributed by atoms with Crippen LogP contribution in [-0.2, 0) is 19.1 Å². The van der Waals surface area contributed by atoms with Gasteiger partial charge >= 0.3 is 11.9 Å². The highest BCUT2D eigenvalue weighted by Gasteiger charge is 2.33. The van der Waals surface area contributed by atoms with E-state index in [0.717, 1.165) is 19.3 Å². The Morgan fingerprint density at radius 1 is 1.10 bits per heavy atom. The zero-order valence-electron chi connectivity index (χ0n) is 17.6. The summed E-state index contributed by atoms with van der Waals surface area (Å²) in [5.74, 6) is 0.240. The van der Waals surface area contributed by atoms with Gasteiger partial charge in [0.25, 0.3) is 5.91 Å². The van der Waals surface area contributed by atoms with Gasteiger partial charge in [-0.2, -0.15) is 0 Å². The van der Waals surface area contributed by atoms with Crippen molar-refractivity contribution in [3.63, 3.8) is 0 Å². The molecule has 0 aromatic heterocycles. The molecule has 1 aromatic carbocycles. The molecule has 0 unspecified atom stereocenters. The Labute approximate surface area is 172 Å². The number of amides is 1. The largest absolute Gasteiger partial charge is 0.497 e. The zero-order chi connectivity index (χ0) is 21.4. The third-order valence-electron chi connectivity index (χ3n) is 5.34. The Kier molecular flexibility index (Phi) is 8.49. The van der Waals surface area contributed by atoms with Crippen LogP contribution >= 0.6 is 0 Å². The van der Waals surface area contributed by atoms with Crippen LogP contribution in [-0.4, -0.2) is 44.2 Å². The monoisotopic (exact) mass is 405 g/mol. The van der Waals surface area contributed by atoms with Gasteiger partial charge in [0.05, 0.1) is 7.11 Å². The van der Waals surface area contributed by atoms with E-state index in [9.17, 15) is 14.4 Å². The Morgan fingerprint density at radius 3 is 2.41 bits per heavy atom. The van der Waals surface area contributed by atoms with E-state index in [1.807, 2.05) is 0 Å². The average Bonchev–Trinajstić information content (AvgIpc) is 2.70. The average molecular weight is 405 g/mol. The molecule has 7 heteroatoms. The third-order valence-corrected chi connectivity index (χ3v) is 5.34. The van der Waals surface area contributed by atoms with Crippen LogP contribution in [0.1, 0.15) is 50.4 Å². The van der Waals surface area contributed by atoms with Gasteiger partial charge < -0.3 is 19.5 Å². The van der Waals surface area contributed by atoms with Crippen molar-refractivity contribution in [1.29, 1.82) is 0 Å². The predicted molar refractivity (Wildman–Crippen MR) is 108 cm³/mol. The van der Waals surface area contributed by atoms with Crippen molar-refractivity contribution in [2.45, 2.75) is 46.1 Å². The molecular formula is C22H31NO6. The molecule has 1 N–H and O–H groups in total. The van der Waals surface area contributed by atoms with E-state index in [4.69, 9.17) is 14.2 Å². The summed E-state index contributed by atoms with van der Waals surface area (Å²) in [4.78, 5) is 36.0. The van der Waals surface area contributed by atoms with Gasteiger partial charge in [0, 0.05) is 5.56 Å². The number of carbonyl (C=O) groups excluding carboxylic acids is 3. The lowest BCUT2D eigenvalue weighted by Gasteiger charge is -2.36. The summed E-state index contributed by atoms with van der Waals surface area (Å²) in [7, 11) is 1.54. The molecule has 29 heavy (non-hydrogen) atoms. The number of benzene rings is 1. The van der Waals surface area contributed by atoms with Crippen LogP contribution in [0.4, 0.5) is 0 Å². The summed E-state index contributed by atoms with van der Waals surface area (Å²) in [5.41, 5.74) is 0.393. The van der Waals surface area contributed by atoms with Crippen LogP contribution in [0, 0.1) is 17.8 Å². The fourth-order valence-corrected chi connectivity index (χ4v) is 3.64. The molecule has 1 fully saturated rings. The topological polar surface area (TPSA) is 90.9 Å². The standard InChI is InChI=1S/C22H31NO6/c1-14(2)18-10-5-15(3)11-19(18)29-21(25)13-28-20(24)12-23-22(26)16-6-8-17(27-4)9-7-16/h6-9,14-15,18-19H,5,10-13H2,1-4H3,(H,23,26)/t15-,18-,19+/m0/s1. The number of esters is 2. The van der Waals surface area contributed by atoms with Crippen LogP contribution in [0.2, 0.25) is 0 Å². The van der Waals surface area contributed by atoms with Crippen molar-refractivity contribution in [1.82, 2.24) is 5.32 Å². The fraction of sp³-hybridized carbons (Fsp3) is 0.591.